The number of nitrogen functional groups attached to an aromatic ring is 1. The Morgan fingerprint density at radius 2 is 2.00 bits per heavy atom. The first-order valence-corrected chi connectivity index (χ1v) is 5.08. The van der Waals surface area contributed by atoms with Crippen molar-refractivity contribution in [3.8, 4) is 0 Å². The van der Waals surface area contributed by atoms with Crippen LogP contribution in [0.1, 0.15) is 19.4 Å². The lowest BCUT2D eigenvalue weighted by Gasteiger charge is -2.18. The molecule has 1 aromatic carbocycles. The van der Waals surface area contributed by atoms with Crippen LogP contribution in [0.4, 0.5) is 5.69 Å². The molecule has 14 heavy (non-hydrogen) atoms. The highest BCUT2D eigenvalue weighted by Gasteiger charge is 2.00. The molecule has 0 aliphatic rings. The Hall–Kier alpha value is -1.06. The van der Waals surface area contributed by atoms with Gasteiger partial charge in [-0.25, -0.2) is 0 Å². The molecular formula is C11H19N3. The molecule has 0 saturated heterocycles. The topological polar surface area (TPSA) is 41.3 Å². The Balaban J connectivity index is 2.65. The molecule has 0 amide bonds. The van der Waals surface area contributed by atoms with Gasteiger partial charge in [0.25, 0.3) is 0 Å². The molecule has 0 fully saturated rings. The summed E-state index contributed by atoms with van der Waals surface area (Å²) in [7, 11) is 0. The van der Waals surface area contributed by atoms with Crippen LogP contribution in [-0.4, -0.2) is 18.0 Å². The maximum absolute atomic E-state index is 5.35. The third-order valence-corrected chi connectivity index (χ3v) is 2.39. The molecule has 0 spiro atoms. The van der Waals surface area contributed by atoms with Crippen LogP contribution in [0.25, 0.3) is 0 Å². The molecule has 3 N–H and O–H groups in total. The number of nitrogens with two attached hydrogens (primary N) is 1. The lowest BCUT2D eigenvalue weighted by atomic mass is 10.2. The number of hydrogen-bond donors (Lipinski definition) is 2. The van der Waals surface area contributed by atoms with E-state index in [1.165, 1.54) is 5.56 Å². The molecule has 0 radical (unpaired) electrons. The van der Waals surface area contributed by atoms with Gasteiger partial charge in [-0.2, -0.15) is 0 Å². The fourth-order valence-electron chi connectivity index (χ4n) is 1.46. The van der Waals surface area contributed by atoms with Gasteiger partial charge in [0.15, 0.2) is 0 Å². The van der Waals surface area contributed by atoms with Crippen LogP contribution in [0.15, 0.2) is 24.3 Å². The highest BCUT2D eigenvalue weighted by atomic mass is 15.2. The highest BCUT2D eigenvalue weighted by molar-refractivity contribution is 5.44. The first-order chi connectivity index (χ1) is 6.80. The van der Waals surface area contributed by atoms with E-state index in [2.05, 4.69) is 36.3 Å². The van der Waals surface area contributed by atoms with E-state index in [4.69, 9.17) is 5.84 Å². The van der Waals surface area contributed by atoms with Crippen molar-refractivity contribution in [3.05, 3.63) is 29.8 Å². The predicted molar refractivity (Wildman–Crippen MR) is 60.9 cm³/mol. The van der Waals surface area contributed by atoms with E-state index in [-0.39, 0.29) is 0 Å². The van der Waals surface area contributed by atoms with Crippen LogP contribution in [0.5, 0.6) is 0 Å². The average molecular weight is 193 g/mol. The monoisotopic (exact) mass is 193 g/mol. The molecule has 1 rings (SSSR count). The third kappa shape index (κ3) is 3.01. The summed E-state index contributed by atoms with van der Waals surface area (Å²) in [6.45, 7) is 7.50. The molecule has 0 aromatic heterocycles. The quantitative estimate of drug-likeness (QED) is 0.553. The van der Waals surface area contributed by atoms with E-state index in [0.717, 1.165) is 25.3 Å². The van der Waals surface area contributed by atoms with Crippen molar-refractivity contribution in [2.75, 3.05) is 18.5 Å². The van der Waals surface area contributed by atoms with Gasteiger partial charge in [0.05, 0.1) is 0 Å². The zero-order valence-electron chi connectivity index (χ0n) is 8.96. The normalized spacial score (nSPS) is 10.6. The van der Waals surface area contributed by atoms with Crippen LogP contribution >= 0.6 is 0 Å². The lowest BCUT2D eigenvalue weighted by molar-refractivity contribution is 0.296. The molecule has 0 aliphatic carbocycles. The molecule has 0 atom stereocenters. The van der Waals surface area contributed by atoms with E-state index in [0.29, 0.717) is 0 Å². The zero-order chi connectivity index (χ0) is 10.4. The van der Waals surface area contributed by atoms with E-state index >= 15 is 0 Å². The number of nitrogens with zero attached hydrogens (tertiary/aromatic N) is 1. The minimum Gasteiger partial charge on any atom is -0.324 e. The van der Waals surface area contributed by atoms with Gasteiger partial charge in [0.1, 0.15) is 0 Å². The third-order valence-electron chi connectivity index (χ3n) is 2.39. The summed E-state index contributed by atoms with van der Waals surface area (Å²) in [5.74, 6) is 5.35. The van der Waals surface area contributed by atoms with Crippen LogP contribution < -0.4 is 11.3 Å². The van der Waals surface area contributed by atoms with E-state index in [1.807, 2.05) is 12.1 Å². The number of rotatable bonds is 5. The second-order valence-electron chi connectivity index (χ2n) is 3.31. The lowest BCUT2D eigenvalue weighted by Crippen LogP contribution is -2.22. The zero-order valence-corrected chi connectivity index (χ0v) is 8.96. The van der Waals surface area contributed by atoms with Crippen molar-refractivity contribution in [3.63, 3.8) is 0 Å². The molecule has 0 unspecified atom stereocenters. The molecule has 3 heteroatoms. The predicted octanol–water partition coefficient (Wildman–Crippen LogP) is 1.81. The molecule has 0 saturated carbocycles. The summed E-state index contributed by atoms with van der Waals surface area (Å²) in [5.41, 5.74) is 4.92. The molecule has 1 aromatic rings. The van der Waals surface area contributed by atoms with Gasteiger partial charge >= 0.3 is 0 Å². The largest absolute Gasteiger partial charge is 0.324 e. The van der Waals surface area contributed by atoms with E-state index < -0.39 is 0 Å². The maximum atomic E-state index is 5.35. The van der Waals surface area contributed by atoms with Crippen molar-refractivity contribution in [2.45, 2.75) is 20.4 Å². The van der Waals surface area contributed by atoms with Crippen molar-refractivity contribution in [2.24, 2.45) is 5.84 Å². The van der Waals surface area contributed by atoms with Crippen molar-refractivity contribution in [1.82, 2.24) is 4.90 Å². The van der Waals surface area contributed by atoms with E-state index in [1.54, 1.807) is 0 Å². The van der Waals surface area contributed by atoms with E-state index in [9.17, 15) is 0 Å². The van der Waals surface area contributed by atoms with Crippen LogP contribution in [0, 0.1) is 0 Å². The van der Waals surface area contributed by atoms with Crippen molar-refractivity contribution in [1.29, 1.82) is 0 Å². The van der Waals surface area contributed by atoms with Crippen LogP contribution in [0.2, 0.25) is 0 Å². The first kappa shape index (κ1) is 11.0. The van der Waals surface area contributed by atoms with Gasteiger partial charge in [-0.15, -0.1) is 0 Å². The van der Waals surface area contributed by atoms with Crippen LogP contribution in [0.3, 0.4) is 0 Å². The Kier molecular flexibility index (Phi) is 4.43. The van der Waals surface area contributed by atoms with Gasteiger partial charge in [0.2, 0.25) is 0 Å². The number of benzene rings is 1. The summed E-state index contributed by atoms with van der Waals surface area (Å²) < 4.78 is 0. The van der Waals surface area contributed by atoms with Gasteiger partial charge in [-0.3, -0.25) is 10.7 Å². The van der Waals surface area contributed by atoms with Crippen molar-refractivity contribution < 1.29 is 0 Å². The summed E-state index contributed by atoms with van der Waals surface area (Å²) >= 11 is 0. The highest BCUT2D eigenvalue weighted by Crippen LogP contribution is 2.11. The number of anilines is 1. The summed E-state index contributed by atoms with van der Waals surface area (Å²) in [6, 6.07) is 8.19. The standard InChI is InChI=1S/C11H19N3/c1-3-14(4-2)9-10-6-5-7-11(8-10)13-12/h5-8,13H,3-4,9,12H2,1-2H3. The average Bonchev–Trinajstić information content (AvgIpc) is 2.26. The second-order valence-corrected chi connectivity index (χ2v) is 3.31. The fourth-order valence-corrected chi connectivity index (χ4v) is 1.46. The Morgan fingerprint density at radius 3 is 2.57 bits per heavy atom. The molecule has 78 valence electrons. The Morgan fingerprint density at radius 1 is 1.29 bits per heavy atom. The maximum Gasteiger partial charge on any atom is 0.0488 e. The summed E-state index contributed by atoms with van der Waals surface area (Å²) in [4.78, 5) is 2.37. The fraction of sp³-hybridized carbons (Fsp3) is 0.455. The SMILES string of the molecule is CCN(CC)Cc1cccc(NN)c1. The molecule has 0 bridgehead atoms. The first-order valence-electron chi connectivity index (χ1n) is 5.08. The summed E-state index contributed by atoms with van der Waals surface area (Å²) in [6.07, 6.45) is 0. The molecule has 0 heterocycles. The Bertz CT molecular complexity index is 269. The minimum atomic E-state index is 0.967. The number of hydrazine groups is 1. The Labute approximate surface area is 85.9 Å². The van der Waals surface area contributed by atoms with Gasteiger partial charge < -0.3 is 5.43 Å². The van der Waals surface area contributed by atoms with Crippen molar-refractivity contribution >= 4 is 5.69 Å². The van der Waals surface area contributed by atoms with Gasteiger partial charge in [-0.05, 0) is 30.8 Å². The molecule has 0 aliphatic heterocycles. The molecule has 3 nitrogen and oxygen atoms in total. The summed E-state index contributed by atoms with van der Waals surface area (Å²) in [5, 5.41) is 0. The second kappa shape index (κ2) is 5.62. The molecular weight excluding hydrogens is 174 g/mol. The van der Waals surface area contributed by atoms with Gasteiger partial charge in [-0.1, -0.05) is 26.0 Å². The minimum absolute atomic E-state index is 0.967. The number of hydrogen-bond acceptors (Lipinski definition) is 3. The smallest absolute Gasteiger partial charge is 0.0488 e. The number of nitrogens with one attached hydrogen (secondary N) is 1. The van der Waals surface area contributed by atoms with Crippen LogP contribution in [-0.2, 0) is 6.54 Å². The van der Waals surface area contributed by atoms with Gasteiger partial charge in [0, 0.05) is 12.2 Å².